The maximum Gasteiger partial charge on any atom is 0.416 e. The molecule has 0 aliphatic rings. The summed E-state index contributed by atoms with van der Waals surface area (Å²) in [5, 5.41) is 8.71. The van der Waals surface area contributed by atoms with Crippen molar-refractivity contribution < 1.29 is 26.7 Å². The van der Waals surface area contributed by atoms with Crippen LogP contribution in [-0.2, 0) is 6.18 Å². The van der Waals surface area contributed by atoms with Crippen LogP contribution < -0.4 is 10.2 Å². The Morgan fingerprint density at radius 3 is 2.32 bits per heavy atom. The van der Waals surface area contributed by atoms with Gasteiger partial charge in [-0.3, -0.25) is 4.79 Å². The van der Waals surface area contributed by atoms with Gasteiger partial charge in [-0.25, -0.2) is 18.1 Å². The number of hydrogen-bond donors (Lipinski definition) is 0. The Bertz CT molecular complexity index is 1700. The number of halogens is 5. The van der Waals surface area contributed by atoms with Gasteiger partial charge < -0.3 is 9.30 Å². The Morgan fingerprint density at radius 2 is 1.63 bits per heavy atom. The molecule has 0 amide bonds. The van der Waals surface area contributed by atoms with E-state index in [1.807, 2.05) is 0 Å². The molecule has 5 aromatic rings. The maximum absolute atomic E-state index is 13.5. The zero-order chi connectivity index (χ0) is 27.2. The minimum Gasteiger partial charge on any atom is -0.494 e. The summed E-state index contributed by atoms with van der Waals surface area (Å²) in [4.78, 5) is 12.8. The summed E-state index contributed by atoms with van der Waals surface area (Å²) in [5.41, 5.74) is 0.152. The fourth-order valence-corrected chi connectivity index (χ4v) is 3.97. The second-order valence-electron chi connectivity index (χ2n) is 8.32. The van der Waals surface area contributed by atoms with Crippen molar-refractivity contribution >= 4 is 0 Å². The van der Waals surface area contributed by atoms with Crippen molar-refractivity contribution in [3.05, 3.63) is 106 Å². The van der Waals surface area contributed by atoms with Crippen LogP contribution in [0.25, 0.3) is 28.5 Å². The summed E-state index contributed by atoms with van der Waals surface area (Å²) < 4.78 is 76.2. The summed E-state index contributed by atoms with van der Waals surface area (Å²) in [6.07, 6.45) is -1.19. The molecule has 0 radical (unpaired) electrons. The van der Waals surface area contributed by atoms with Crippen LogP contribution in [-0.4, -0.2) is 31.2 Å². The minimum absolute atomic E-state index is 0.0637. The minimum atomic E-state index is -4.56. The third kappa shape index (κ3) is 4.56. The zero-order valence-electron chi connectivity index (χ0n) is 19.9. The highest BCUT2D eigenvalue weighted by molar-refractivity contribution is 5.60. The van der Waals surface area contributed by atoms with Crippen molar-refractivity contribution in [3.8, 4) is 34.2 Å². The van der Waals surface area contributed by atoms with E-state index in [0.717, 1.165) is 24.5 Å². The van der Waals surface area contributed by atoms with Gasteiger partial charge in [0.15, 0.2) is 17.3 Å². The first kappa shape index (κ1) is 24.9. The zero-order valence-corrected chi connectivity index (χ0v) is 19.9. The average molecular weight is 527 g/mol. The summed E-state index contributed by atoms with van der Waals surface area (Å²) in [7, 11) is 1.40. The third-order valence-electron chi connectivity index (χ3n) is 5.74. The van der Waals surface area contributed by atoms with Crippen molar-refractivity contribution in [2.24, 2.45) is 0 Å². The molecule has 12 heteroatoms. The van der Waals surface area contributed by atoms with Gasteiger partial charge in [-0.2, -0.15) is 23.4 Å². The number of aryl methyl sites for hydroxylation is 1. The molecule has 0 spiro atoms. The smallest absolute Gasteiger partial charge is 0.416 e. The van der Waals surface area contributed by atoms with Crippen molar-refractivity contribution in [2.75, 3.05) is 7.11 Å². The van der Waals surface area contributed by atoms with Crippen LogP contribution >= 0.6 is 0 Å². The number of nitrogens with zero attached hydrogens (tertiary/aromatic N) is 5. The summed E-state index contributed by atoms with van der Waals surface area (Å²) in [6.45, 7) is 1.64. The molecule has 0 bridgehead atoms. The van der Waals surface area contributed by atoms with E-state index in [2.05, 4.69) is 10.2 Å². The van der Waals surface area contributed by atoms with Gasteiger partial charge in [0.25, 0.3) is 0 Å². The first-order valence-electron chi connectivity index (χ1n) is 11.1. The van der Waals surface area contributed by atoms with Gasteiger partial charge in [0.05, 0.1) is 29.7 Å². The molecule has 0 N–H and O–H groups in total. The maximum atomic E-state index is 13.5. The lowest BCUT2D eigenvalue weighted by molar-refractivity contribution is -0.137. The second kappa shape index (κ2) is 9.29. The Morgan fingerprint density at radius 1 is 0.895 bits per heavy atom. The number of aromatic nitrogens is 5. The normalized spacial score (nSPS) is 11.7. The Kier molecular flexibility index (Phi) is 6.09. The van der Waals surface area contributed by atoms with Crippen LogP contribution in [0.5, 0.6) is 5.75 Å². The summed E-state index contributed by atoms with van der Waals surface area (Å²) in [6, 6.07) is 12.1. The predicted molar refractivity (Wildman–Crippen MR) is 128 cm³/mol. The van der Waals surface area contributed by atoms with Gasteiger partial charge >= 0.3 is 6.18 Å². The molecule has 0 saturated heterocycles. The van der Waals surface area contributed by atoms with Crippen LogP contribution in [0.3, 0.4) is 0 Å². The molecule has 0 unspecified atom stereocenters. The largest absolute Gasteiger partial charge is 0.494 e. The molecular weight excluding hydrogens is 509 g/mol. The van der Waals surface area contributed by atoms with E-state index in [4.69, 9.17) is 4.74 Å². The van der Waals surface area contributed by atoms with E-state index in [1.54, 1.807) is 25.1 Å². The van der Waals surface area contributed by atoms with E-state index in [-0.39, 0.29) is 22.8 Å². The van der Waals surface area contributed by atoms with Gasteiger partial charge in [0.2, 0.25) is 5.43 Å². The van der Waals surface area contributed by atoms with Gasteiger partial charge in [0, 0.05) is 36.4 Å². The first-order chi connectivity index (χ1) is 18.0. The van der Waals surface area contributed by atoms with E-state index in [0.29, 0.717) is 17.1 Å². The topological polar surface area (TPSA) is 66.9 Å². The number of alkyl halides is 3. The molecule has 0 aliphatic heterocycles. The van der Waals surface area contributed by atoms with E-state index in [1.165, 1.54) is 51.5 Å². The predicted octanol–water partition coefficient (Wildman–Crippen LogP) is 5.49. The van der Waals surface area contributed by atoms with Crippen molar-refractivity contribution in [1.29, 1.82) is 0 Å². The molecule has 0 atom stereocenters. The highest BCUT2D eigenvalue weighted by atomic mass is 19.4. The Labute approximate surface area is 212 Å². The van der Waals surface area contributed by atoms with Crippen LogP contribution in [0.2, 0.25) is 0 Å². The molecule has 0 aliphatic carbocycles. The molecule has 2 aromatic carbocycles. The monoisotopic (exact) mass is 527 g/mol. The number of benzene rings is 2. The van der Waals surface area contributed by atoms with Gasteiger partial charge in [0.1, 0.15) is 11.4 Å². The van der Waals surface area contributed by atoms with Crippen molar-refractivity contribution in [3.63, 3.8) is 0 Å². The van der Waals surface area contributed by atoms with Crippen LogP contribution in [0, 0.1) is 18.6 Å². The molecular formula is C26H18F5N5O2. The lowest BCUT2D eigenvalue weighted by Gasteiger charge is -2.14. The summed E-state index contributed by atoms with van der Waals surface area (Å²) in [5.74, 6) is -1.73. The molecule has 3 heterocycles. The number of hydrogen-bond acceptors (Lipinski definition) is 4. The average Bonchev–Trinajstić information content (AvgIpc) is 3.45. The van der Waals surface area contributed by atoms with Crippen LogP contribution in [0.15, 0.2) is 78.0 Å². The lowest BCUT2D eigenvalue weighted by Crippen LogP contribution is -2.15. The fraction of sp³-hybridized carbons (Fsp3) is 0.115. The van der Waals surface area contributed by atoms with Crippen molar-refractivity contribution in [1.82, 2.24) is 24.1 Å². The standard InChI is InChI=1S/C26H18F5N5O2/c1-15-10-22(36(32-15)18-5-3-4-16(11-18)26(29,30)31)25-23(37)8-9-35(33-25)21-7-6-17(12-24(21)38-2)34-13-19(27)20(28)14-34/h3-14H,1-2H3. The first-order valence-corrected chi connectivity index (χ1v) is 11.1. The summed E-state index contributed by atoms with van der Waals surface area (Å²) >= 11 is 0. The number of ether oxygens (including phenoxy) is 1. The van der Waals surface area contributed by atoms with Crippen LogP contribution in [0.1, 0.15) is 11.3 Å². The molecule has 7 nitrogen and oxygen atoms in total. The van der Waals surface area contributed by atoms with Gasteiger partial charge in [-0.15, -0.1) is 0 Å². The second-order valence-corrected chi connectivity index (χ2v) is 8.32. The molecule has 194 valence electrons. The number of methoxy groups -OCH3 is 1. The van der Waals surface area contributed by atoms with E-state index < -0.39 is 28.8 Å². The van der Waals surface area contributed by atoms with Crippen molar-refractivity contribution in [2.45, 2.75) is 13.1 Å². The SMILES string of the molecule is COc1cc(-n2cc(F)c(F)c2)ccc1-n1ccc(=O)c(-c2cc(C)nn2-c2cccc(C(F)(F)F)c2)n1. The third-order valence-corrected chi connectivity index (χ3v) is 5.74. The molecule has 3 aromatic heterocycles. The Balaban J connectivity index is 1.61. The van der Waals surface area contributed by atoms with Gasteiger partial charge in [-0.05, 0) is 43.3 Å². The molecule has 5 rings (SSSR count). The molecule has 0 saturated carbocycles. The van der Waals surface area contributed by atoms with Crippen LogP contribution in [0.4, 0.5) is 22.0 Å². The Hall–Kier alpha value is -4.74. The number of rotatable bonds is 5. The highest BCUT2D eigenvalue weighted by Gasteiger charge is 2.31. The van der Waals surface area contributed by atoms with E-state index >= 15 is 0 Å². The lowest BCUT2D eigenvalue weighted by atomic mass is 10.2. The highest BCUT2D eigenvalue weighted by Crippen LogP contribution is 2.32. The van der Waals surface area contributed by atoms with E-state index in [9.17, 15) is 26.7 Å². The fourth-order valence-electron chi connectivity index (χ4n) is 3.97. The quantitative estimate of drug-likeness (QED) is 0.284. The van der Waals surface area contributed by atoms with Gasteiger partial charge in [-0.1, -0.05) is 6.07 Å². The molecule has 0 fully saturated rings. The molecule has 38 heavy (non-hydrogen) atoms.